The number of hydrogen-bond donors (Lipinski definition) is 1. The van der Waals surface area contributed by atoms with Crippen molar-refractivity contribution in [3.05, 3.63) is 34.9 Å². The number of hydrogen-bond acceptors (Lipinski definition) is 6. The summed E-state index contributed by atoms with van der Waals surface area (Å²) in [5, 5.41) is 9.77. The maximum Gasteiger partial charge on any atom is 0.339 e. The molecule has 7 heteroatoms. The van der Waals surface area contributed by atoms with Gasteiger partial charge in [0.2, 0.25) is 0 Å². The van der Waals surface area contributed by atoms with Gasteiger partial charge in [-0.3, -0.25) is 4.79 Å². The van der Waals surface area contributed by atoms with E-state index in [-0.39, 0.29) is 35.7 Å². The molecule has 0 radical (unpaired) electrons. The Labute approximate surface area is 199 Å². The number of benzene rings is 1. The highest BCUT2D eigenvalue weighted by Crippen LogP contribution is 2.54. The van der Waals surface area contributed by atoms with Crippen LogP contribution in [0.4, 0.5) is 0 Å². The summed E-state index contributed by atoms with van der Waals surface area (Å²) in [6, 6.07) is 3.86. The molecule has 0 bridgehead atoms. The fraction of sp³-hybridized carbons (Fsp3) is 0.556. The Kier molecular flexibility index (Phi) is 6.15. The Bertz CT molecular complexity index is 1060. The smallest absolute Gasteiger partial charge is 0.339 e. The number of carboxylic acid groups (broad SMARTS) is 1. The molecule has 4 aliphatic rings. The molecule has 1 saturated heterocycles. The van der Waals surface area contributed by atoms with E-state index >= 15 is 0 Å². The van der Waals surface area contributed by atoms with Crippen LogP contribution >= 0.6 is 0 Å². The van der Waals surface area contributed by atoms with Crippen LogP contribution in [0.2, 0.25) is 0 Å². The zero-order valence-electron chi connectivity index (χ0n) is 20.0. The Morgan fingerprint density at radius 2 is 1.94 bits per heavy atom. The first-order valence-electron chi connectivity index (χ1n) is 12.2. The number of ether oxygens (including phenoxy) is 4. The standard InChI is InChI=1S/C27H32O7/c1-14(2)26-20-8-18(27(29)30)21(28)7-6-17(16-4-5-16)25(20)19-9-23(31-3)24(10-22(19)34-26)33-13-15-11-32-12-15/h8-10,14-17,26H,4-7,11-13H2,1-3H3,(H,29,30). The molecule has 182 valence electrons. The first-order valence-corrected chi connectivity index (χ1v) is 12.2. The van der Waals surface area contributed by atoms with E-state index < -0.39 is 5.97 Å². The molecule has 34 heavy (non-hydrogen) atoms. The van der Waals surface area contributed by atoms with Gasteiger partial charge in [0.05, 0.1) is 26.9 Å². The van der Waals surface area contributed by atoms with Crippen LogP contribution in [0.5, 0.6) is 17.2 Å². The SMILES string of the molecule is COc1cc2c(cc1OCC1COC1)OC(C(C)C)C1=C2C(C2CC2)CCC(=O)C(C(=O)O)=C1. The van der Waals surface area contributed by atoms with Crippen molar-refractivity contribution in [3.8, 4) is 17.2 Å². The molecule has 2 unspecified atom stereocenters. The number of ketones is 1. The summed E-state index contributed by atoms with van der Waals surface area (Å²) in [7, 11) is 1.62. The second-order valence-electron chi connectivity index (χ2n) is 10.1. The Hall–Kier alpha value is -2.80. The van der Waals surface area contributed by atoms with Gasteiger partial charge >= 0.3 is 5.97 Å². The summed E-state index contributed by atoms with van der Waals surface area (Å²) in [6.07, 6.45) is 4.34. The number of Topliss-reactive ketones (excluding diaryl/α,β-unsaturated/α-hetero) is 1. The zero-order chi connectivity index (χ0) is 24.0. The first-order chi connectivity index (χ1) is 16.4. The molecule has 1 aromatic carbocycles. The Balaban J connectivity index is 1.66. The molecule has 5 rings (SSSR count). The first kappa shape index (κ1) is 23.0. The molecule has 0 aromatic heterocycles. The maximum atomic E-state index is 12.7. The van der Waals surface area contributed by atoms with Crippen molar-refractivity contribution in [3.63, 3.8) is 0 Å². The molecule has 2 fully saturated rings. The molecular weight excluding hydrogens is 436 g/mol. The highest BCUT2D eigenvalue weighted by Gasteiger charge is 2.42. The van der Waals surface area contributed by atoms with Crippen LogP contribution in [0.1, 0.15) is 45.1 Å². The Morgan fingerprint density at radius 3 is 2.53 bits per heavy atom. The van der Waals surface area contributed by atoms with Gasteiger partial charge in [0.15, 0.2) is 17.3 Å². The van der Waals surface area contributed by atoms with E-state index in [1.54, 1.807) is 13.2 Å². The van der Waals surface area contributed by atoms with Gasteiger partial charge in [-0.2, -0.15) is 0 Å². The number of allylic oxidation sites excluding steroid dienone is 1. The number of rotatable bonds is 7. The molecule has 7 nitrogen and oxygen atoms in total. The molecule has 2 atom stereocenters. The van der Waals surface area contributed by atoms with Gasteiger partial charge in [-0.15, -0.1) is 0 Å². The van der Waals surface area contributed by atoms with Crippen LogP contribution in [0.3, 0.4) is 0 Å². The van der Waals surface area contributed by atoms with E-state index in [9.17, 15) is 14.7 Å². The van der Waals surface area contributed by atoms with E-state index in [0.29, 0.717) is 49.6 Å². The molecule has 2 heterocycles. The lowest BCUT2D eigenvalue weighted by atomic mass is 9.75. The molecule has 2 aliphatic carbocycles. The zero-order valence-corrected chi connectivity index (χ0v) is 20.0. The molecular formula is C27H32O7. The monoisotopic (exact) mass is 468 g/mol. The third-order valence-electron chi connectivity index (χ3n) is 7.29. The highest BCUT2D eigenvalue weighted by atomic mass is 16.5. The summed E-state index contributed by atoms with van der Waals surface area (Å²) in [5.41, 5.74) is 2.67. The second kappa shape index (κ2) is 9.10. The van der Waals surface area contributed by atoms with Gasteiger partial charge in [0.1, 0.15) is 17.4 Å². The molecule has 0 spiro atoms. The summed E-state index contributed by atoms with van der Waals surface area (Å²) in [4.78, 5) is 24.7. The van der Waals surface area contributed by atoms with Crippen molar-refractivity contribution in [1.82, 2.24) is 0 Å². The fourth-order valence-corrected chi connectivity index (χ4v) is 5.24. The number of carbonyl (C=O) groups excluding carboxylic acids is 1. The topological polar surface area (TPSA) is 91.3 Å². The van der Waals surface area contributed by atoms with Gasteiger partial charge in [-0.25, -0.2) is 4.79 Å². The number of methoxy groups -OCH3 is 1. The minimum absolute atomic E-state index is 0.0809. The van der Waals surface area contributed by atoms with Crippen molar-refractivity contribution >= 4 is 17.3 Å². The molecule has 1 N–H and O–H groups in total. The van der Waals surface area contributed by atoms with Crippen molar-refractivity contribution < 1.29 is 33.6 Å². The number of fused-ring (bicyclic) bond motifs is 2. The second-order valence-corrected chi connectivity index (χ2v) is 10.1. The third-order valence-corrected chi connectivity index (χ3v) is 7.29. The number of carbonyl (C=O) groups is 2. The van der Waals surface area contributed by atoms with Crippen LogP contribution in [-0.2, 0) is 14.3 Å². The maximum absolute atomic E-state index is 12.7. The van der Waals surface area contributed by atoms with Crippen LogP contribution in [-0.4, -0.2) is 49.9 Å². The van der Waals surface area contributed by atoms with Crippen LogP contribution in [0.25, 0.3) is 5.57 Å². The van der Waals surface area contributed by atoms with Crippen molar-refractivity contribution in [2.75, 3.05) is 26.9 Å². The van der Waals surface area contributed by atoms with E-state index in [1.165, 1.54) is 0 Å². The predicted molar refractivity (Wildman–Crippen MR) is 125 cm³/mol. The minimum Gasteiger partial charge on any atom is -0.493 e. The lowest BCUT2D eigenvalue weighted by Gasteiger charge is -2.37. The van der Waals surface area contributed by atoms with Gasteiger partial charge in [0.25, 0.3) is 0 Å². The quantitative estimate of drug-likeness (QED) is 0.597. The summed E-state index contributed by atoms with van der Waals surface area (Å²) >= 11 is 0. The fourth-order valence-electron chi connectivity index (χ4n) is 5.24. The molecule has 1 aromatic rings. The third kappa shape index (κ3) is 4.22. The average Bonchev–Trinajstić information content (AvgIpc) is 3.59. The Morgan fingerprint density at radius 1 is 1.18 bits per heavy atom. The van der Waals surface area contributed by atoms with Crippen LogP contribution in [0.15, 0.2) is 29.4 Å². The molecule has 2 aliphatic heterocycles. The highest BCUT2D eigenvalue weighted by molar-refractivity contribution is 6.17. The van der Waals surface area contributed by atoms with E-state index in [4.69, 9.17) is 18.9 Å². The number of carboxylic acids is 1. The average molecular weight is 469 g/mol. The lowest BCUT2D eigenvalue weighted by Crippen LogP contribution is -2.33. The van der Waals surface area contributed by atoms with E-state index in [2.05, 4.69) is 13.8 Å². The van der Waals surface area contributed by atoms with Gasteiger partial charge in [-0.1, -0.05) is 13.8 Å². The minimum atomic E-state index is -1.18. The van der Waals surface area contributed by atoms with E-state index in [1.807, 2.05) is 12.1 Å². The van der Waals surface area contributed by atoms with Gasteiger partial charge < -0.3 is 24.1 Å². The number of aliphatic carboxylic acids is 1. The molecule has 1 saturated carbocycles. The predicted octanol–water partition coefficient (Wildman–Crippen LogP) is 4.29. The lowest BCUT2D eigenvalue weighted by molar-refractivity contribution is -0.134. The van der Waals surface area contributed by atoms with Crippen LogP contribution < -0.4 is 14.2 Å². The largest absolute Gasteiger partial charge is 0.493 e. The normalized spacial score (nSPS) is 24.8. The summed E-state index contributed by atoms with van der Waals surface area (Å²) in [6.45, 7) is 6.07. The van der Waals surface area contributed by atoms with E-state index in [0.717, 1.165) is 35.3 Å². The van der Waals surface area contributed by atoms with Crippen molar-refractivity contribution in [2.45, 2.75) is 45.6 Å². The van der Waals surface area contributed by atoms with Gasteiger partial charge in [0, 0.05) is 24.0 Å². The van der Waals surface area contributed by atoms with Crippen molar-refractivity contribution in [2.24, 2.45) is 23.7 Å². The molecule has 0 amide bonds. The summed E-state index contributed by atoms with van der Waals surface area (Å²) < 4.78 is 23.5. The van der Waals surface area contributed by atoms with Crippen LogP contribution in [0, 0.1) is 23.7 Å². The van der Waals surface area contributed by atoms with Gasteiger partial charge in [-0.05, 0) is 60.3 Å². The summed E-state index contributed by atoms with van der Waals surface area (Å²) in [5.74, 6) is 1.61. The van der Waals surface area contributed by atoms with Crippen molar-refractivity contribution in [1.29, 1.82) is 0 Å².